The Balaban J connectivity index is 1.46. The number of nitrogens with zero attached hydrogens (tertiary/aromatic N) is 3. The highest BCUT2D eigenvalue weighted by Crippen LogP contribution is 2.32. The highest BCUT2D eigenvalue weighted by atomic mass is 16.7. The Morgan fingerprint density at radius 2 is 1.93 bits per heavy atom. The predicted molar refractivity (Wildman–Crippen MR) is 97.7 cm³/mol. The Hall–Kier alpha value is -2.97. The summed E-state index contributed by atoms with van der Waals surface area (Å²) in [5, 5.41) is 4.11. The highest BCUT2D eigenvalue weighted by Gasteiger charge is 2.28. The molecule has 0 spiro atoms. The van der Waals surface area contributed by atoms with Crippen molar-refractivity contribution in [2.24, 2.45) is 5.10 Å². The molecular formula is C19H20N4O4. The number of carbonyl (C=O) groups is 1. The predicted octanol–water partition coefficient (Wildman–Crippen LogP) is 1.33. The number of hydrogen-bond donors (Lipinski definition) is 1. The van der Waals surface area contributed by atoms with Gasteiger partial charge in [0.25, 0.3) is 5.91 Å². The number of morpholine rings is 1. The molecule has 1 unspecified atom stereocenters. The number of fused-ring (bicyclic) bond motifs is 1. The molecule has 8 heteroatoms. The Morgan fingerprint density at radius 1 is 1.15 bits per heavy atom. The third kappa shape index (κ3) is 4.07. The van der Waals surface area contributed by atoms with Gasteiger partial charge in [0.05, 0.1) is 19.4 Å². The third-order valence-electron chi connectivity index (χ3n) is 4.47. The number of carbonyl (C=O) groups excluding carboxylic acids is 1. The van der Waals surface area contributed by atoms with E-state index in [0.717, 1.165) is 11.1 Å². The van der Waals surface area contributed by atoms with Crippen LogP contribution in [-0.4, -0.2) is 55.1 Å². The Bertz CT molecular complexity index is 822. The van der Waals surface area contributed by atoms with Crippen LogP contribution in [-0.2, 0) is 9.53 Å². The van der Waals surface area contributed by atoms with E-state index in [4.69, 9.17) is 14.2 Å². The maximum absolute atomic E-state index is 12.8. The van der Waals surface area contributed by atoms with Crippen molar-refractivity contribution in [1.29, 1.82) is 0 Å². The van der Waals surface area contributed by atoms with E-state index in [0.29, 0.717) is 37.8 Å². The van der Waals surface area contributed by atoms with Gasteiger partial charge in [0.1, 0.15) is 6.04 Å². The van der Waals surface area contributed by atoms with Crippen LogP contribution in [0.5, 0.6) is 11.5 Å². The summed E-state index contributed by atoms with van der Waals surface area (Å²) >= 11 is 0. The van der Waals surface area contributed by atoms with Gasteiger partial charge in [-0.3, -0.25) is 14.7 Å². The lowest BCUT2D eigenvalue weighted by Crippen LogP contribution is -2.44. The molecule has 2 aromatic rings. The number of pyridine rings is 1. The van der Waals surface area contributed by atoms with Crippen LogP contribution in [0.1, 0.15) is 17.2 Å². The van der Waals surface area contributed by atoms with E-state index in [1.165, 1.54) is 0 Å². The molecule has 2 aliphatic rings. The molecule has 1 N–H and O–H groups in total. The van der Waals surface area contributed by atoms with Crippen molar-refractivity contribution in [3.8, 4) is 11.5 Å². The second kappa shape index (κ2) is 8.15. The van der Waals surface area contributed by atoms with Gasteiger partial charge >= 0.3 is 0 Å². The fourth-order valence-corrected chi connectivity index (χ4v) is 3.13. The smallest absolute Gasteiger partial charge is 0.262 e. The fourth-order valence-electron chi connectivity index (χ4n) is 3.13. The van der Waals surface area contributed by atoms with Gasteiger partial charge in [-0.25, -0.2) is 5.43 Å². The molecule has 8 nitrogen and oxygen atoms in total. The monoisotopic (exact) mass is 368 g/mol. The number of hydrogen-bond acceptors (Lipinski definition) is 7. The van der Waals surface area contributed by atoms with Crippen LogP contribution >= 0.6 is 0 Å². The molecule has 0 radical (unpaired) electrons. The van der Waals surface area contributed by atoms with E-state index >= 15 is 0 Å². The number of ether oxygens (including phenoxy) is 3. The van der Waals surface area contributed by atoms with Crippen LogP contribution in [0.25, 0.3) is 0 Å². The minimum Gasteiger partial charge on any atom is -0.454 e. The third-order valence-corrected chi connectivity index (χ3v) is 4.47. The summed E-state index contributed by atoms with van der Waals surface area (Å²) in [6.45, 7) is 2.81. The average molecular weight is 368 g/mol. The molecule has 3 heterocycles. The molecule has 1 amide bonds. The summed E-state index contributed by atoms with van der Waals surface area (Å²) in [7, 11) is 0. The molecule has 27 heavy (non-hydrogen) atoms. The first kappa shape index (κ1) is 17.4. The lowest BCUT2D eigenvalue weighted by molar-refractivity contribution is -0.128. The van der Waals surface area contributed by atoms with E-state index in [2.05, 4.69) is 20.4 Å². The number of hydrazone groups is 1. The van der Waals surface area contributed by atoms with Crippen molar-refractivity contribution in [2.45, 2.75) is 6.04 Å². The maximum Gasteiger partial charge on any atom is 0.262 e. The molecule has 1 fully saturated rings. The number of aromatic nitrogens is 1. The second-order valence-electron chi connectivity index (χ2n) is 6.18. The molecule has 1 saturated heterocycles. The highest BCUT2D eigenvalue weighted by molar-refractivity contribution is 5.86. The molecule has 4 rings (SSSR count). The van der Waals surface area contributed by atoms with Gasteiger partial charge in [-0.05, 0) is 41.5 Å². The zero-order valence-electron chi connectivity index (χ0n) is 14.7. The van der Waals surface area contributed by atoms with Crippen LogP contribution in [0.3, 0.4) is 0 Å². The first-order valence-corrected chi connectivity index (χ1v) is 8.75. The SMILES string of the molecule is O=C(NN=Cc1ccc2c(c1)OCO2)C(c1ccncc1)N1CCOCC1. The van der Waals surface area contributed by atoms with Crippen molar-refractivity contribution < 1.29 is 19.0 Å². The molecule has 0 bridgehead atoms. The first-order chi connectivity index (χ1) is 13.3. The molecule has 2 aliphatic heterocycles. The minimum absolute atomic E-state index is 0.194. The molecule has 1 atom stereocenters. The van der Waals surface area contributed by atoms with Crippen molar-refractivity contribution in [3.63, 3.8) is 0 Å². The fraction of sp³-hybridized carbons (Fsp3) is 0.316. The molecule has 0 saturated carbocycles. The van der Waals surface area contributed by atoms with Crippen LogP contribution in [0.15, 0.2) is 47.8 Å². The van der Waals surface area contributed by atoms with E-state index < -0.39 is 6.04 Å². The van der Waals surface area contributed by atoms with Crippen molar-refractivity contribution in [2.75, 3.05) is 33.1 Å². The van der Waals surface area contributed by atoms with E-state index in [1.807, 2.05) is 30.3 Å². The quantitative estimate of drug-likeness (QED) is 0.633. The molecule has 1 aromatic carbocycles. The largest absolute Gasteiger partial charge is 0.454 e. The van der Waals surface area contributed by atoms with Gasteiger partial charge in [0.2, 0.25) is 6.79 Å². The summed E-state index contributed by atoms with van der Waals surface area (Å²) in [4.78, 5) is 19.0. The Labute approximate surface area is 156 Å². The van der Waals surface area contributed by atoms with Crippen molar-refractivity contribution >= 4 is 12.1 Å². The number of amides is 1. The van der Waals surface area contributed by atoms with Crippen LogP contribution in [0.2, 0.25) is 0 Å². The van der Waals surface area contributed by atoms with Crippen molar-refractivity contribution in [3.05, 3.63) is 53.9 Å². The van der Waals surface area contributed by atoms with Gasteiger partial charge in [0.15, 0.2) is 11.5 Å². The lowest BCUT2D eigenvalue weighted by atomic mass is 10.1. The number of nitrogens with one attached hydrogen (secondary N) is 1. The number of rotatable bonds is 5. The Morgan fingerprint density at radius 3 is 2.74 bits per heavy atom. The van der Waals surface area contributed by atoms with E-state index in [9.17, 15) is 4.79 Å². The van der Waals surface area contributed by atoms with Gasteiger partial charge in [-0.2, -0.15) is 5.10 Å². The van der Waals surface area contributed by atoms with E-state index in [1.54, 1.807) is 18.6 Å². The minimum atomic E-state index is -0.439. The topological polar surface area (TPSA) is 85.3 Å². The molecular weight excluding hydrogens is 348 g/mol. The second-order valence-corrected chi connectivity index (χ2v) is 6.18. The first-order valence-electron chi connectivity index (χ1n) is 8.75. The molecule has 1 aromatic heterocycles. The van der Waals surface area contributed by atoms with Crippen molar-refractivity contribution in [1.82, 2.24) is 15.3 Å². The van der Waals surface area contributed by atoms with Crippen LogP contribution < -0.4 is 14.9 Å². The van der Waals surface area contributed by atoms with Gasteiger partial charge in [-0.1, -0.05) is 0 Å². The molecule has 0 aliphatic carbocycles. The van der Waals surface area contributed by atoms with Gasteiger partial charge in [0, 0.05) is 25.5 Å². The lowest BCUT2D eigenvalue weighted by Gasteiger charge is -2.33. The maximum atomic E-state index is 12.8. The average Bonchev–Trinajstić information content (AvgIpc) is 3.18. The summed E-state index contributed by atoms with van der Waals surface area (Å²) in [6, 6.07) is 8.75. The summed E-state index contributed by atoms with van der Waals surface area (Å²) < 4.78 is 16.0. The zero-order valence-corrected chi connectivity index (χ0v) is 14.7. The summed E-state index contributed by atoms with van der Waals surface area (Å²) in [6.07, 6.45) is 4.96. The van der Waals surface area contributed by atoms with Crippen LogP contribution in [0, 0.1) is 0 Å². The summed E-state index contributed by atoms with van der Waals surface area (Å²) in [5.41, 5.74) is 4.34. The Kier molecular flexibility index (Phi) is 5.27. The van der Waals surface area contributed by atoms with E-state index in [-0.39, 0.29) is 12.7 Å². The normalized spacial score (nSPS) is 17.8. The molecule has 140 valence electrons. The standard InChI is InChI=1S/C19H20N4O4/c24-19(22-21-12-14-1-2-16-17(11-14)27-13-26-16)18(15-3-5-20-6-4-15)23-7-9-25-10-8-23/h1-6,11-12,18H,7-10,13H2,(H,22,24). The summed E-state index contributed by atoms with van der Waals surface area (Å²) in [5.74, 6) is 1.19. The van der Waals surface area contributed by atoms with Crippen LogP contribution in [0.4, 0.5) is 0 Å². The van der Waals surface area contributed by atoms with Gasteiger partial charge < -0.3 is 14.2 Å². The van der Waals surface area contributed by atoms with Gasteiger partial charge in [-0.15, -0.1) is 0 Å². The number of benzene rings is 1. The zero-order chi connectivity index (χ0) is 18.5.